The predicted molar refractivity (Wildman–Crippen MR) is 68.8 cm³/mol. The molecule has 90 valence electrons. The lowest BCUT2D eigenvalue weighted by Gasteiger charge is -2.15. The summed E-state index contributed by atoms with van der Waals surface area (Å²) in [6.45, 7) is 0.308. The Balaban J connectivity index is 2.74. The van der Waals surface area contributed by atoms with Crippen LogP contribution in [0.4, 0.5) is 0 Å². The van der Waals surface area contributed by atoms with Gasteiger partial charge in [0.05, 0.1) is 11.6 Å². The molecule has 1 aromatic carbocycles. The van der Waals surface area contributed by atoms with Crippen LogP contribution in [0.2, 0.25) is 0 Å². The number of fused-ring (bicyclic) bond motifs is 1. The van der Waals surface area contributed by atoms with Crippen LogP contribution in [0.5, 0.6) is 5.75 Å². The van der Waals surface area contributed by atoms with E-state index < -0.39 is 0 Å². The van der Waals surface area contributed by atoms with Crippen molar-refractivity contribution in [3.8, 4) is 5.75 Å². The lowest BCUT2D eigenvalue weighted by Crippen LogP contribution is -2.13. The van der Waals surface area contributed by atoms with E-state index in [2.05, 4.69) is 14.5 Å². The maximum Gasteiger partial charge on any atom is 0.248 e. The Hall–Kier alpha value is -1.42. The van der Waals surface area contributed by atoms with Gasteiger partial charge in [-0.2, -0.15) is 0 Å². The molecule has 17 heavy (non-hydrogen) atoms. The van der Waals surface area contributed by atoms with E-state index in [1.807, 2.05) is 0 Å². The van der Waals surface area contributed by atoms with Crippen molar-refractivity contribution in [2.24, 2.45) is 5.73 Å². The highest BCUT2D eigenvalue weighted by Gasteiger charge is 2.14. The second-order valence-corrected chi connectivity index (χ2v) is 3.92. The number of benzene rings is 1. The van der Waals surface area contributed by atoms with Crippen LogP contribution in [0, 0.1) is 0 Å². The molecule has 0 aliphatic rings. The zero-order valence-electron chi connectivity index (χ0n) is 9.01. The van der Waals surface area contributed by atoms with Gasteiger partial charge >= 0.3 is 0 Å². The van der Waals surface area contributed by atoms with E-state index in [-0.39, 0.29) is 17.4 Å². The molecule has 1 aromatic heterocycles. The number of hydrogen-bond acceptors (Lipinski definition) is 4. The second kappa shape index (κ2) is 4.84. The molecule has 2 atom stereocenters. The summed E-state index contributed by atoms with van der Waals surface area (Å²) in [6, 6.07) is 6.30. The Morgan fingerprint density at radius 2 is 2.18 bits per heavy atom. The molecule has 0 saturated carbocycles. The first-order valence-electron chi connectivity index (χ1n) is 5.08. The van der Waals surface area contributed by atoms with Crippen molar-refractivity contribution in [2.75, 3.05) is 6.54 Å². The lowest BCUT2D eigenvalue weighted by molar-refractivity contribution is 0.257. The van der Waals surface area contributed by atoms with Crippen LogP contribution >= 0.6 is 9.47 Å². The van der Waals surface area contributed by atoms with Gasteiger partial charge in [-0.05, 0) is 17.7 Å². The molecule has 2 unspecified atom stereocenters. The maximum absolute atomic E-state index is 11.2. The van der Waals surface area contributed by atoms with Gasteiger partial charge in [0, 0.05) is 27.5 Å². The molecule has 5 nitrogen and oxygen atoms in total. The standard InChI is InChI=1S/C11H13N2O3P/c12-5-9(16-17)6-1-3-8(14)11-7(6)2-4-10(15)13-11/h1-4,9,14H,5,12,17H2,(H,13,15). The normalized spacial score (nSPS) is 12.8. The predicted octanol–water partition coefficient (Wildman–Crippen LogP) is 1.04. The van der Waals surface area contributed by atoms with Crippen LogP contribution in [0.1, 0.15) is 11.7 Å². The molecule has 0 spiro atoms. The summed E-state index contributed by atoms with van der Waals surface area (Å²) in [5.74, 6) is 0.0287. The number of hydrogen-bond donors (Lipinski definition) is 3. The van der Waals surface area contributed by atoms with Crippen molar-refractivity contribution in [1.82, 2.24) is 4.98 Å². The van der Waals surface area contributed by atoms with Crippen molar-refractivity contribution in [1.29, 1.82) is 0 Å². The van der Waals surface area contributed by atoms with Crippen LogP contribution < -0.4 is 11.3 Å². The second-order valence-electron chi connectivity index (χ2n) is 3.65. The molecular weight excluding hydrogens is 239 g/mol. The number of aromatic hydroxyl groups is 1. The third kappa shape index (κ3) is 2.17. The fourth-order valence-corrected chi connectivity index (χ4v) is 2.05. The fourth-order valence-electron chi connectivity index (χ4n) is 1.80. The number of phenolic OH excluding ortho intramolecular Hbond substituents is 1. The highest BCUT2D eigenvalue weighted by Crippen LogP contribution is 2.30. The van der Waals surface area contributed by atoms with Gasteiger partial charge in [0.25, 0.3) is 0 Å². The summed E-state index contributed by atoms with van der Waals surface area (Å²) in [4.78, 5) is 13.8. The van der Waals surface area contributed by atoms with Gasteiger partial charge in [-0.3, -0.25) is 4.79 Å². The number of nitrogens with one attached hydrogen (secondary N) is 1. The van der Waals surface area contributed by atoms with Gasteiger partial charge in [0.1, 0.15) is 5.75 Å². The van der Waals surface area contributed by atoms with E-state index in [4.69, 9.17) is 10.3 Å². The number of aromatic nitrogens is 1. The highest BCUT2D eigenvalue weighted by molar-refractivity contribution is 7.09. The molecule has 1 heterocycles. The third-order valence-electron chi connectivity index (χ3n) is 2.63. The number of H-pyrrole nitrogens is 1. The zero-order chi connectivity index (χ0) is 12.4. The molecule has 0 aliphatic carbocycles. The van der Waals surface area contributed by atoms with Gasteiger partial charge in [0.2, 0.25) is 5.56 Å². The van der Waals surface area contributed by atoms with E-state index in [9.17, 15) is 9.90 Å². The average Bonchev–Trinajstić information content (AvgIpc) is 2.34. The van der Waals surface area contributed by atoms with Crippen molar-refractivity contribution in [3.63, 3.8) is 0 Å². The number of rotatable bonds is 3. The van der Waals surface area contributed by atoms with Crippen LogP contribution in [0.3, 0.4) is 0 Å². The molecule has 0 radical (unpaired) electrons. The summed E-state index contributed by atoms with van der Waals surface area (Å²) in [5, 5.41) is 10.4. The average molecular weight is 252 g/mol. The third-order valence-corrected chi connectivity index (χ3v) is 2.96. The van der Waals surface area contributed by atoms with Crippen LogP contribution in [0.15, 0.2) is 29.1 Å². The minimum absolute atomic E-state index is 0.0287. The van der Waals surface area contributed by atoms with Crippen LogP contribution in [0.25, 0.3) is 10.9 Å². The molecule has 4 N–H and O–H groups in total. The zero-order valence-corrected chi connectivity index (χ0v) is 10.2. The van der Waals surface area contributed by atoms with E-state index in [0.29, 0.717) is 12.1 Å². The lowest BCUT2D eigenvalue weighted by atomic mass is 10.0. The Morgan fingerprint density at radius 1 is 1.41 bits per heavy atom. The van der Waals surface area contributed by atoms with Crippen LogP contribution in [-0.4, -0.2) is 16.6 Å². The quantitative estimate of drug-likeness (QED) is 0.712. The first kappa shape index (κ1) is 12.0. The first-order valence-corrected chi connectivity index (χ1v) is 5.55. The van der Waals surface area contributed by atoms with E-state index in [0.717, 1.165) is 10.9 Å². The number of pyridine rings is 1. The molecule has 6 heteroatoms. The summed E-state index contributed by atoms with van der Waals surface area (Å²) < 4.78 is 5.18. The summed E-state index contributed by atoms with van der Waals surface area (Å²) in [7, 11) is 2.17. The molecule has 0 bridgehead atoms. The highest BCUT2D eigenvalue weighted by atomic mass is 31.0. The smallest absolute Gasteiger partial charge is 0.248 e. The van der Waals surface area contributed by atoms with E-state index in [1.54, 1.807) is 12.1 Å². The number of aromatic amines is 1. The van der Waals surface area contributed by atoms with Crippen molar-refractivity contribution in [3.05, 3.63) is 40.2 Å². The minimum Gasteiger partial charge on any atom is -0.506 e. The van der Waals surface area contributed by atoms with Gasteiger partial charge < -0.3 is 20.3 Å². The number of nitrogens with two attached hydrogens (primary N) is 1. The molecular formula is C11H13N2O3P. The minimum atomic E-state index is -0.297. The Morgan fingerprint density at radius 3 is 2.82 bits per heavy atom. The Labute approximate surface area is 99.9 Å². The maximum atomic E-state index is 11.2. The van der Waals surface area contributed by atoms with Gasteiger partial charge in [-0.25, -0.2) is 0 Å². The number of phenols is 1. The molecule has 0 fully saturated rings. The monoisotopic (exact) mass is 252 g/mol. The van der Waals surface area contributed by atoms with Crippen molar-refractivity contribution >= 4 is 20.4 Å². The Kier molecular flexibility index (Phi) is 3.43. The fraction of sp³-hybridized carbons (Fsp3) is 0.182. The molecule has 0 saturated heterocycles. The van der Waals surface area contributed by atoms with E-state index >= 15 is 0 Å². The Bertz CT molecular complexity index is 593. The largest absolute Gasteiger partial charge is 0.506 e. The van der Waals surface area contributed by atoms with Gasteiger partial charge in [-0.15, -0.1) is 0 Å². The molecule has 0 aliphatic heterocycles. The van der Waals surface area contributed by atoms with Crippen molar-refractivity contribution in [2.45, 2.75) is 6.10 Å². The van der Waals surface area contributed by atoms with Gasteiger partial charge in [0.15, 0.2) is 0 Å². The van der Waals surface area contributed by atoms with Crippen molar-refractivity contribution < 1.29 is 9.63 Å². The summed E-state index contributed by atoms with van der Waals surface area (Å²) >= 11 is 0. The van der Waals surface area contributed by atoms with E-state index in [1.165, 1.54) is 12.1 Å². The summed E-state index contributed by atoms with van der Waals surface area (Å²) in [6.07, 6.45) is -0.297. The van der Waals surface area contributed by atoms with Gasteiger partial charge in [-0.1, -0.05) is 6.07 Å². The SMILES string of the molecule is NCC(OP)c1ccc(O)c2[nH]c(=O)ccc12. The van der Waals surface area contributed by atoms with Crippen LogP contribution in [-0.2, 0) is 4.52 Å². The summed E-state index contributed by atoms with van der Waals surface area (Å²) in [5.41, 5.74) is 6.56. The topological polar surface area (TPSA) is 88.3 Å². The molecule has 0 amide bonds. The first-order chi connectivity index (χ1) is 8.17. The molecule has 2 rings (SSSR count). The molecule has 2 aromatic rings.